The summed E-state index contributed by atoms with van der Waals surface area (Å²) in [7, 11) is 4.25. The van der Waals surface area contributed by atoms with Gasteiger partial charge in [0.15, 0.2) is 0 Å². The number of halogens is 1. The monoisotopic (exact) mass is 355 g/mol. The summed E-state index contributed by atoms with van der Waals surface area (Å²) in [6, 6.07) is 6.25. The van der Waals surface area contributed by atoms with Crippen LogP contribution >= 0.6 is 15.9 Å². The fraction of sp³-hybridized carbons (Fsp3) is 0.625. The molecule has 1 atom stereocenters. The molecule has 0 aliphatic carbocycles. The molecule has 0 bridgehead atoms. The highest BCUT2D eigenvalue weighted by Crippen LogP contribution is 2.28. The summed E-state index contributed by atoms with van der Waals surface area (Å²) in [5.74, 6) is 0. The van der Waals surface area contributed by atoms with Crippen LogP contribution in [0.2, 0.25) is 0 Å². The molecular formula is C16H26BrN3O. The standard InChI is InChI=1S/C16H26BrN3O/c1-13(21)15-5-4-14(12-16(15)17)20-10-8-19(9-11-20)7-6-18(2)3/h4-5,12-13,21H,6-11H2,1-3H3. The summed E-state index contributed by atoms with van der Waals surface area (Å²) in [6.45, 7) is 8.42. The Labute approximate surface area is 136 Å². The summed E-state index contributed by atoms with van der Waals surface area (Å²) in [6.07, 6.45) is -0.434. The average molecular weight is 356 g/mol. The van der Waals surface area contributed by atoms with E-state index in [1.165, 1.54) is 5.69 Å². The third-order valence-corrected chi connectivity index (χ3v) is 4.72. The highest BCUT2D eigenvalue weighted by atomic mass is 79.9. The van der Waals surface area contributed by atoms with Gasteiger partial charge in [0.25, 0.3) is 0 Å². The largest absolute Gasteiger partial charge is 0.389 e. The van der Waals surface area contributed by atoms with Gasteiger partial charge in [0.1, 0.15) is 0 Å². The Balaban J connectivity index is 1.91. The second kappa shape index (κ2) is 7.58. The quantitative estimate of drug-likeness (QED) is 0.876. The van der Waals surface area contributed by atoms with Gasteiger partial charge in [0.05, 0.1) is 6.10 Å². The van der Waals surface area contributed by atoms with Crippen LogP contribution < -0.4 is 4.90 Å². The molecule has 0 radical (unpaired) electrons. The van der Waals surface area contributed by atoms with Crippen molar-refractivity contribution in [3.05, 3.63) is 28.2 Å². The number of nitrogens with zero attached hydrogens (tertiary/aromatic N) is 3. The minimum absolute atomic E-state index is 0.434. The zero-order valence-corrected chi connectivity index (χ0v) is 14.8. The van der Waals surface area contributed by atoms with Gasteiger partial charge < -0.3 is 14.9 Å². The van der Waals surface area contributed by atoms with Crippen LogP contribution in [0.4, 0.5) is 5.69 Å². The molecule has 1 N–H and O–H groups in total. The van der Waals surface area contributed by atoms with Crippen LogP contribution in [-0.2, 0) is 0 Å². The van der Waals surface area contributed by atoms with Gasteiger partial charge in [-0.05, 0) is 38.7 Å². The van der Waals surface area contributed by atoms with E-state index in [9.17, 15) is 5.11 Å². The number of benzene rings is 1. The maximum Gasteiger partial charge on any atom is 0.0772 e. The number of aliphatic hydroxyl groups is 1. The topological polar surface area (TPSA) is 30.0 Å². The molecule has 21 heavy (non-hydrogen) atoms. The second-order valence-electron chi connectivity index (χ2n) is 6.01. The van der Waals surface area contributed by atoms with E-state index in [2.05, 4.69) is 56.9 Å². The predicted molar refractivity (Wildman–Crippen MR) is 92.0 cm³/mol. The first kappa shape index (κ1) is 16.7. The molecule has 2 rings (SSSR count). The van der Waals surface area contributed by atoms with E-state index in [1.54, 1.807) is 6.92 Å². The predicted octanol–water partition coefficient (Wildman–Crippen LogP) is 2.19. The van der Waals surface area contributed by atoms with Gasteiger partial charge in [-0.3, -0.25) is 4.90 Å². The van der Waals surface area contributed by atoms with E-state index in [4.69, 9.17) is 0 Å². The molecule has 1 aliphatic rings. The molecule has 1 aliphatic heterocycles. The number of hydrogen-bond donors (Lipinski definition) is 1. The lowest BCUT2D eigenvalue weighted by atomic mass is 10.1. The van der Waals surface area contributed by atoms with Crippen LogP contribution in [0.25, 0.3) is 0 Å². The number of likely N-dealkylation sites (N-methyl/N-ethyl adjacent to an activating group) is 1. The van der Waals surface area contributed by atoms with Crippen molar-refractivity contribution < 1.29 is 5.11 Å². The lowest BCUT2D eigenvalue weighted by Gasteiger charge is -2.36. The molecule has 1 aromatic rings. The lowest BCUT2D eigenvalue weighted by Crippen LogP contribution is -2.48. The zero-order valence-electron chi connectivity index (χ0n) is 13.2. The molecule has 1 unspecified atom stereocenters. The molecule has 4 nitrogen and oxygen atoms in total. The summed E-state index contributed by atoms with van der Waals surface area (Å²) in [4.78, 5) is 7.18. The second-order valence-corrected chi connectivity index (χ2v) is 6.87. The summed E-state index contributed by atoms with van der Waals surface area (Å²) in [5, 5.41) is 9.69. The van der Waals surface area contributed by atoms with Crippen molar-refractivity contribution in [2.75, 3.05) is 58.3 Å². The minimum Gasteiger partial charge on any atom is -0.389 e. The van der Waals surface area contributed by atoms with Gasteiger partial charge >= 0.3 is 0 Å². The van der Waals surface area contributed by atoms with Crippen molar-refractivity contribution in [1.82, 2.24) is 9.80 Å². The molecule has 1 heterocycles. The lowest BCUT2D eigenvalue weighted by molar-refractivity contribution is 0.198. The number of anilines is 1. The van der Waals surface area contributed by atoms with Gasteiger partial charge in [0.2, 0.25) is 0 Å². The van der Waals surface area contributed by atoms with Crippen molar-refractivity contribution >= 4 is 21.6 Å². The molecule has 0 amide bonds. The number of rotatable bonds is 5. The van der Waals surface area contributed by atoms with E-state index in [0.29, 0.717) is 0 Å². The van der Waals surface area contributed by atoms with Gasteiger partial charge in [-0.1, -0.05) is 22.0 Å². The molecular weight excluding hydrogens is 330 g/mol. The summed E-state index contributed by atoms with van der Waals surface area (Å²) >= 11 is 3.56. The van der Waals surface area contributed by atoms with E-state index in [1.807, 2.05) is 6.07 Å². The van der Waals surface area contributed by atoms with E-state index < -0.39 is 6.10 Å². The van der Waals surface area contributed by atoms with Gasteiger partial charge in [0, 0.05) is 49.4 Å². The van der Waals surface area contributed by atoms with Crippen molar-refractivity contribution in [3.63, 3.8) is 0 Å². The number of piperazine rings is 1. The van der Waals surface area contributed by atoms with Crippen LogP contribution in [0, 0.1) is 0 Å². The van der Waals surface area contributed by atoms with Gasteiger partial charge in [-0.2, -0.15) is 0 Å². The third kappa shape index (κ3) is 4.68. The minimum atomic E-state index is -0.434. The number of aliphatic hydroxyl groups excluding tert-OH is 1. The molecule has 5 heteroatoms. The zero-order chi connectivity index (χ0) is 15.4. The highest BCUT2D eigenvalue weighted by molar-refractivity contribution is 9.10. The molecule has 118 valence electrons. The summed E-state index contributed by atoms with van der Waals surface area (Å²) < 4.78 is 0.991. The van der Waals surface area contributed by atoms with Crippen molar-refractivity contribution in [1.29, 1.82) is 0 Å². The van der Waals surface area contributed by atoms with E-state index in [-0.39, 0.29) is 0 Å². The van der Waals surface area contributed by atoms with Gasteiger partial charge in [-0.15, -0.1) is 0 Å². The van der Waals surface area contributed by atoms with E-state index >= 15 is 0 Å². The first-order valence-corrected chi connectivity index (χ1v) is 8.36. The maximum atomic E-state index is 9.69. The third-order valence-electron chi connectivity index (χ3n) is 4.04. The molecule has 1 fully saturated rings. The van der Waals surface area contributed by atoms with Crippen LogP contribution in [0.1, 0.15) is 18.6 Å². The van der Waals surface area contributed by atoms with Crippen molar-refractivity contribution in [3.8, 4) is 0 Å². The van der Waals surface area contributed by atoms with Gasteiger partial charge in [-0.25, -0.2) is 0 Å². The Kier molecular flexibility index (Phi) is 6.05. The Morgan fingerprint density at radius 1 is 1.24 bits per heavy atom. The van der Waals surface area contributed by atoms with Crippen LogP contribution in [0.5, 0.6) is 0 Å². The maximum absolute atomic E-state index is 9.69. The first-order valence-electron chi connectivity index (χ1n) is 7.57. The fourth-order valence-corrected chi connectivity index (χ4v) is 3.32. The normalized spacial score (nSPS) is 18.3. The van der Waals surface area contributed by atoms with Crippen LogP contribution in [0.15, 0.2) is 22.7 Å². The smallest absolute Gasteiger partial charge is 0.0772 e. The van der Waals surface area contributed by atoms with Crippen molar-refractivity contribution in [2.24, 2.45) is 0 Å². The Morgan fingerprint density at radius 3 is 2.43 bits per heavy atom. The number of hydrogen-bond acceptors (Lipinski definition) is 4. The van der Waals surface area contributed by atoms with Crippen molar-refractivity contribution in [2.45, 2.75) is 13.0 Å². The fourth-order valence-electron chi connectivity index (χ4n) is 2.62. The van der Waals surface area contributed by atoms with E-state index in [0.717, 1.165) is 49.3 Å². The Bertz CT molecular complexity index is 457. The highest BCUT2D eigenvalue weighted by Gasteiger charge is 2.18. The molecule has 0 aromatic heterocycles. The first-order chi connectivity index (χ1) is 9.97. The van der Waals surface area contributed by atoms with Crippen LogP contribution in [-0.4, -0.2) is 68.3 Å². The molecule has 1 saturated heterocycles. The molecule has 0 spiro atoms. The Morgan fingerprint density at radius 2 is 1.90 bits per heavy atom. The SMILES string of the molecule is CC(O)c1ccc(N2CCN(CCN(C)C)CC2)cc1Br. The molecule has 1 aromatic carbocycles. The average Bonchev–Trinajstić information content (AvgIpc) is 2.45. The molecule has 0 saturated carbocycles. The Hall–Kier alpha value is -0.620. The van der Waals surface area contributed by atoms with Crippen LogP contribution in [0.3, 0.4) is 0 Å². The summed E-state index contributed by atoms with van der Waals surface area (Å²) in [5.41, 5.74) is 2.18.